The molecule has 4 rings (SSSR count). The number of amides is 2. The van der Waals surface area contributed by atoms with E-state index in [-0.39, 0.29) is 18.4 Å². The zero-order valence-electron chi connectivity index (χ0n) is 13.8. The molecule has 7 nitrogen and oxygen atoms in total. The number of anilines is 2. The van der Waals surface area contributed by atoms with Crippen molar-refractivity contribution in [1.29, 1.82) is 0 Å². The molecule has 0 fully saturated rings. The summed E-state index contributed by atoms with van der Waals surface area (Å²) < 4.78 is 7.18. The predicted molar refractivity (Wildman–Crippen MR) is 93.2 cm³/mol. The number of hydrogen-bond donors (Lipinski definition) is 1. The molecule has 1 aliphatic heterocycles. The number of imidazole rings is 1. The van der Waals surface area contributed by atoms with E-state index in [0.717, 1.165) is 5.56 Å². The summed E-state index contributed by atoms with van der Waals surface area (Å²) in [6, 6.07) is 9.05. The number of nitrogens with one attached hydrogen (secondary N) is 1. The minimum absolute atomic E-state index is 0.0237. The number of hydrogen-bond acceptors (Lipinski definition) is 4. The summed E-state index contributed by atoms with van der Waals surface area (Å²) in [5.74, 6) is 0.169. The highest BCUT2D eigenvalue weighted by Gasteiger charge is 2.22. The normalized spacial score (nSPS) is 13.5. The molecule has 0 spiro atoms. The van der Waals surface area contributed by atoms with E-state index >= 15 is 0 Å². The molecule has 0 aliphatic carbocycles. The molecular weight excluding hydrogens is 320 g/mol. The maximum absolute atomic E-state index is 12.5. The summed E-state index contributed by atoms with van der Waals surface area (Å²) in [6.07, 6.45) is 3.55. The first-order chi connectivity index (χ1) is 12.0. The van der Waals surface area contributed by atoms with Crippen LogP contribution >= 0.6 is 0 Å². The minimum Gasteiger partial charge on any atom is -0.482 e. The second-order valence-corrected chi connectivity index (χ2v) is 5.97. The van der Waals surface area contributed by atoms with Gasteiger partial charge in [0.1, 0.15) is 17.1 Å². The largest absolute Gasteiger partial charge is 0.482 e. The zero-order chi connectivity index (χ0) is 17.6. The molecule has 3 aromatic rings. The lowest BCUT2D eigenvalue weighted by Crippen LogP contribution is -2.35. The first-order valence-corrected chi connectivity index (χ1v) is 7.81. The number of rotatable bonds is 2. The molecule has 0 saturated carbocycles. The van der Waals surface area contributed by atoms with Crippen molar-refractivity contribution < 1.29 is 14.3 Å². The zero-order valence-corrected chi connectivity index (χ0v) is 13.8. The van der Waals surface area contributed by atoms with E-state index in [1.807, 2.05) is 25.3 Å². The molecule has 3 heterocycles. The van der Waals surface area contributed by atoms with E-state index in [2.05, 4.69) is 10.3 Å². The molecule has 0 saturated heterocycles. The van der Waals surface area contributed by atoms with Crippen molar-refractivity contribution in [2.45, 2.75) is 6.92 Å². The van der Waals surface area contributed by atoms with Gasteiger partial charge in [0.15, 0.2) is 6.61 Å². The van der Waals surface area contributed by atoms with Crippen LogP contribution in [-0.4, -0.2) is 34.9 Å². The van der Waals surface area contributed by atoms with Crippen molar-refractivity contribution in [3.8, 4) is 5.75 Å². The minimum atomic E-state index is -0.313. The SMILES string of the molecule is Cc1ccn2cc(C(=O)Nc3ccc4c(c3)N(C)C(=O)CO4)nc2c1. The Morgan fingerprint density at radius 2 is 2.12 bits per heavy atom. The molecule has 1 aromatic carbocycles. The van der Waals surface area contributed by atoms with Gasteiger partial charge < -0.3 is 19.4 Å². The van der Waals surface area contributed by atoms with Crippen LogP contribution in [0.4, 0.5) is 11.4 Å². The second-order valence-electron chi connectivity index (χ2n) is 5.97. The molecule has 0 bridgehead atoms. The van der Waals surface area contributed by atoms with E-state index in [9.17, 15) is 9.59 Å². The van der Waals surface area contributed by atoms with Gasteiger partial charge in [0, 0.05) is 25.1 Å². The number of carbonyl (C=O) groups excluding carboxylic acids is 2. The van der Waals surface area contributed by atoms with Gasteiger partial charge in [-0.1, -0.05) is 0 Å². The van der Waals surface area contributed by atoms with Crippen LogP contribution in [0.15, 0.2) is 42.7 Å². The fourth-order valence-electron chi connectivity index (χ4n) is 2.74. The number of benzene rings is 1. The van der Waals surface area contributed by atoms with Crippen molar-refractivity contribution in [1.82, 2.24) is 9.38 Å². The number of pyridine rings is 1. The summed E-state index contributed by atoms with van der Waals surface area (Å²) in [5, 5.41) is 2.81. The molecular formula is C18H16N4O3. The Morgan fingerprint density at radius 1 is 1.28 bits per heavy atom. The van der Waals surface area contributed by atoms with Crippen LogP contribution in [0.1, 0.15) is 16.1 Å². The quantitative estimate of drug-likeness (QED) is 0.779. The summed E-state index contributed by atoms with van der Waals surface area (Å²) >= 11 is 0. The highest BCUT2D eigenvalue weighted by Crippen LogP contribution is 2.33. The summed E-state index contributed by atoms with van der Waals surface area (Å²) in [7, 11) is 1.68. The van der Waals surface area contributed by atoms with Crippen molar-refractivity contribution in [3.63, 3.8) is 0 Å². The first kappa shape index (κ1) is 15.2. The Morgan fingerprint density at radius 3 is 2.96 bits per heavy atom. The van der Waals surface area contributed by atoms with E-state index in [1.54, 1.807) is 35.8 Å². The number of likely N-dealkylation sites (N-methyl/N-ethyl adjacent to an activating group) is 1. The summed E-state index contributed by atoms with van der Waals surface area (Å²) in [5.41, 5.74) is 3.31. The van der Waals surface area contributed by atoms with Gasteiger partial charge in [-0.3, -0.25) is 9.59 Å². The van der Waals surface area contributed by atoms with Gasteiger partial charge in [-0.25, -0.2) is 4.98 Å². The van der Waals surface area contributed by atoms with Crippen LogP contribution in [-0.2, 0) is 4.79 Å². The standard InChI is InChI=1S/C18H16N4O3/c1-11-5-6-22-9-13(20-16(22)7-11)18(24)19-12-3-4-15-14(8-12)21(2)17(23)10-25-15/h3-9H,10H2,1-2H3,(H,19,24). The van der Waals surface area contributed by atoms with Gasteiger partial charge in [-0.05, 0) is 42.8 Å². The summed E-state index contributed by atoms with van der Waals surface area (Å²) in [6.45, 7) is 2.00. The van der Waals surface area contributed by atoms with Crippen LogP contribution < -0.4 is 15.0 Å². The monoisotopic (exact) mass is 336 g/mol. The molecule has 2 aromatic heterocycles. The van der Waals surface area contributed by atoms with Crippen LogP contribution in [0.5, 0.6) is 5.75 Å². The first-order valence-electron chi connectivity index (χ1n) is 7.81. The van der Waals surface area contributed by atoms with Crippen molar-refractivity contribution in [3.05, 3.63) is 54.0 Å². The molecule has 7 heteroatoms. The van der Waals surface area contributed by atoms with Gasteiger partial charge in [0.2, 0.25) is 0 Å². The van der Waals surface area contributed by atoms with E-state index in [4.69, 9.17) is 4.74 Å². The lowest BCUT2D eigenvalue weighted by molar-refractivity contribution is -0.120. The second kappa shape index (κ2) is 5.62. The average Bonchev–Trinajstić information content (AvgIpc) is 3.02. The molecule has 0 radical (unpaired) electrons. The number of aromatic nitrogens is 2. The molecule has 2 amide bonds. The van der Waals surface area contributed by atoms with Crippen LogP contribution in [0.2, 0.25) is 0 Å². The number of fused-ring (bicyclic) bond motifs is 2. The summed E-state index contributed by atoms with van der Waals surface area (Å²) in [4.78, 5) is 30.1. The average molecular weight is 336 g/mol. The molecule has 0 atom stereocenters. The predicted octanol–water partition coefficient (Wildman–Crippen LogP) is 2.25. The molecule has 1 N–H and O–H groups in total. The Labute approximate surface area is 143 Å². The molecule has 0 unspecified atom stereocenters. The number of aryl methyl sites for hydroxylation is 1. The molecule has 25 heavy (non-hydrogen) atoms. The number of carbonyl (C=O) groups is 2. The lowest BCUT2D eigenvalue weighted by Gasteiger charge is -2.26. The Bertz CT molecular complexity index is 1010. The maximum Gasteiger partial charge on any atom is 0.275 e. The van der Waals surface area contributed by atoms with E-state index < -0.39 is 0 Å². The third-order valence-corrected chi connectivity index (χ3v) is 4.15. The third kappa shape index (κ3) is 2.69. The third-order valence-electron chi connectivity index (χ3n) is 4.15. The van der Waals surface area contributed by atoms with Gasteiger partial charge in [-0.2, -0.15) is 0 Å². The highest BCUT2D eigenvalue weighted by atomic mass is 16.5. The van der Waals surface area contributed by atoms with Gasteiger partial charge in [0.05, 0.1) is 5.69 Å². The molecule has 126 valence electrons. The highest BCUT2D eigenvalue weighted by molar-refractivity contribution is 6.04. The van der Waals surface area contributed by atoms with Crippen LogP contribution in [0.3, 0.4) is 0 Å². The van der Waals surface area contributed by atoms with Crippen LogP contribution in [0, 0.1) is 6.92 Å². The Balaban J connectivity index is 1.61. The van der Waals surface area contributed by atoms with Gasteiger partial charge in [-0.15, -0.1) is 0 Å². The van der Waals surface area contributed by atoms with E-state index in [1.165, 1.54) is 4.90 Å². The van der Waals surface area contributed by atoms with Gasteiger partial charge >= 0.3 is 0 Å². The smallest absolute Gasteiger partial charge is 0.275 e. The maximum atomic E-state index is 12.5. The topological polar surface area (TPSA) is 75.9 Å². The van der Waals surface area contributed by atoms with Gasteiger partial charge in [0.25, 0.3) is 11.8 Å². The molecule has 1 aliphatic rings. The van der Waals surface area contributed by atoms with Crippen molar-refractivity contribution >= 4 is 28.8 Å². The fraction of sp³-hybridized carbons (Fsp3) is 0.167. The Kier molecular flexibility index (Phi) is 3.42. The number of nitrogens with zero attached hydrogens (tertiary/aromatic N) is 3. The number of ether oxygens (including phenoxy) is 1. The van der Waals surface area contributed by atoms with E-state index in [0.29, 0.717) is 28.5 Å². The van der Waals surface area contributed by atoms with Crippen molar-refractivity contribution in [2.24, 2.45) is 0 Å². The van der Waals surface area contributed by atoms with Crippen LogP contribution in [0.25, 0.3) is 5.65 Å². The van der Waals surface area contributed by atoms with Crippen molar-refractivity contribution in [2.75, 3.05) is 23.9 Å². The fourth-order valence-corrected chi connectivity index (χ4v) is 2.74. The lowest BCUT2D eigenvalue weighted by atomic mass is 10.2. The Hall–Kier alpha value is -3.35.